The second kappa shape index (κ2) is 2.96. The molecule has 0 atom stereocenters. The molecule has 0 bridgehead atoms. The summed E-state index contributed by atoms with van der Waals surface area (Å²) in [6.45, 7) is 1.86. The lowest BCUT2D eigenvalue weighted by Gasteiger charge is -2.01. The van der Waals surface area contributed by atoms with Crippen molar-refractivity contribution in [3.05, 3.63) is 40.9 Å². The fourth-order valence-electron chi connectivity index (χ4n) is 1.31. The summed E-state index contributed by atoms with van der Waals surface area (Å²) in [5, 5.41) is 1.93. The lowest BCUT2D eigenvalue weighted by atomic mass is 10.1. The highest BCUT2D eigenvalue weighted by Gasteiger charge is 2.02. The van der Waals surface area contributed by atoms with Crippen LogP contribution < -0.4 is 0 Å². The van der Waals surface area contributed by atoms with Crippen molar-refractivity contribution in [1.29, 1.82) is 0 Å². The van der Waals surface area contributed by atoms with Crippen molar-refractivity contribution in [2.24, 2.45) is 0 Å². The molecule has 0 aliphatic heterocycles. The summed E-state index contributed by atoms with van der Waals surface area (Å²) in [5.41, 5.74) is 0.837. The summed E-state index contributed by atoms with van der Waals surface area (Å²) in [5.74, 6) is -0.292. The van der Waals surface area contributed by atoms with E-state index in [9.17, 15) is 4.39 Å². The molecule has 0 unspecified atom stereocenters. The smallest absolute Gasteiger partial charge is 0.137 e. The molecule has 2 aromatic rings. The van der Waals surface area contributed by atoms with Crippen LogP contribution >= 0.6 is 11.6 Å². The highest BCUT2D eigenvalue weighted by Crippen LogP contribution is 2.22. The topological polar surface area (TPSA) is 12.9 Å². The van der Waals surface area contributed by atoms with Crippen LogP contribution in [0, 0.1) is 12.7 Å². The molecule has 13 heavy (non-hydrogen) atoms. The number of aromatic nitrogens is 1. The van der Waals surface area contributed by atoms with Gasteiger partial charge in [-0.2, -0.15) is 0 Å². The van der Waals surface area contributed by atoms with Crippen LogP contribution in [-0.4, -0.2) is 4.98 Å². The fraction of sp³-hybridized carbons (Fsp3) is 0.100. The van der Waals surface area contributed by atoms with Gasteiger partial charge in [0.15, 0.2) is 0 Å². The zero-order valence-electron chi connectivity index (χ0n) is 7.01. The van der Waals surface area contributed by atoms with Gasteiger partial charge in [0.2, 0.25) is 0 Å². The molecule has 0 amide bonds. The van der Waals surface area contributed by atoms with Crippen LogP contribution in [0.3, 0.4) is 0 Å². The third-order valence-electron chi connectivity index (χ3n) is 1.88. The molecule has 1 aromatic heterocycles. The quantitative estimate of drug-likeness (QED) is 0.588. The molecular weight excluding hydrogens is 189 g/mol. The van der Waals surface area contributed by atoms with E-state index < -0.39 is 0 Å². The van der Waals surface area contributed by atoms with Gasteiger partial charge in [0.05, 0.1) is 0 Å². The maximum absolute atomic E-state index is 12.8. The minimum Gasteiger partial charge on any atom is -0.241 e. The second-order valence-electron chi connectivity index (χ2n) is 2.92. The third-order valence-corrected chi connectivity index (χ3v) is 2.16. The number of hydrogen-bond donors (Lipinski definition) is 0. The Kier molecular flexibility index (Phi) is 1.93. The van der Waals surface area contributed by atoms with Crippen molar-refractivity contribution < 1.29 is 4.39 Å². The number of aryl methyl sites for hydroxylation is 1. The van der Waals surface area contributed by atoms with Gasteiger partial charge in [-0.15, -0.1) is 0 Å². The second-order valence-corrected chi connectivity index (χ2v) is 3.28. The summed E-state index contributed by atoms with van der Waals surface area (Å²) >= 11 is 5.86. The average Bonchev–Trinajstić information content (AvgIpc) is 2.06. The summed E-state index contributed by atoms with van der Waals surface area (Å²) in [4.78, 5) is 4.04. The Morgan fingerprint density at radius 1 is 1.31 bits per heavy atom. The predicted octanol–water partition coefficient (Wildman–Crippen LogP) is 3.34. The van der Waals surface area contributed by atoms with Crippen molar-refractivity contribution in [3.8, 4) is 0 Å². The number of pyridine rings is 1. The van der Waals surface area contributed by atoms with Gasteiger partial charge in [-0.1, -0.05) is 17.7 Å². The number of fused-ring (bicyclic) bond motifs is 1. The molecule has 0 saturated heterocycles. The summed E-state index contributed by atoms with van der Waals surface area (Å²) < 4.78 is 12.8. The standard InChI is InChI=1S/C10H7ClFN/c1-6-4-7-2-3-8(12)5-9(7)10(11)13-6/h2-5H,1H3. The van der Waals surface area contributed by atoms with Gasteiger partial charge in [0.1, 0.15) is 11.0 Å². The van der Waals surface area contributed by atoms with Crippen LogP contribution in [0.15, 0.2) is 24.3 Å². The number of halogens is 2. The van der Waals surface area contributed by atoms with Gasteiger partial charge in [0.25, 0.3) is 0 Å². The van der Waals surface area contributed by atoms with Gasteiger partial charge in [0, 0.05) is 11.1 Å². The Labute approximate surface area is 80.2 Å². The molecule has 66 valence electrons. The van der Waals surface area contributed by atoms with Crippen molar-refractivity contribution in [1.82, 2.24) is 4.98 Å². The Hall–Kier alpha value is -1.15. The van der Waals surface area contributed by atoms with E-state index in [4.69, 9.17) is 11.6 Å². The fourth-order valence-corrected chi connectivity index (χ4v) is 1.60. The molecule has 2 rings (SSSR count). The minimum atomic E-state index is -0.292. The molecule has 1 aromatic carbocycles. The van der Waals surface area contributed by atoms with Crippen LogP contribution in [0.4, 0.5) is 4.39 Å². The highest BCUT2D eigenvalue weighted by atomic mass is 35.5. The normalized spacial score (nSPS) is 10.7. The van der Waals surface area contributed by atoms with Crippen LogP contribution in [0.5, 0.6) is 0 Å². The first kappa shape index (κ1) is 8.45. The van der Waals surface area contributed by atoms with Crippen molar-refractivity contribution in [2.45, 2.75) is 6.92 Å². The third kappa shape index (κ3) is 1.49. The molecule has 0 spiro atoms. The van der Waals surface area contributed by atoms with Crippen LogP contribution in [0.25, 0.3) is 10.8 Å². The van der Waals surface area contributed by atoms with E-state index >= 15 is 0 Å². The van der Waals surface area contributed by atoms with Crippen molar-refractivity contribution in [3.63, 3.8) is 0 Å². The first-order chi connectivity index (χ1) is 6.16. The molecule has 1 nitrogen and oxygen atoms in total. The molecule has 3 heteroatoms. The molecule has 0 fully saturated rings. The Morgan fingerprint density at radius 2 is 2.08 bits per heavy atom. The number of nitrogens with zero attached hydrogens (tertiary/aromatic N) is 1. The van der Waals surface area contributed by atoms with Gasteiger partial charge in [-0.3, -0.25) is 0 Å². The predicted molar refractivity (Wildman–Crippen MR) is 51.4 cm³/mol. The lowest BCUT2D eigenvalue weighted by Crippen LogP contribution is -1.85. The van der Waals surface area contributed by atoms with Crippen LogP contribution in [0.2, 0.25) is 5.15 Å². The van der Waals surface area contributed by atoms with E-state index in [2.05, 4.69) is 4.98 Å². The average molecular weight is 196 g/mol. The Morgan fingerprint density at radius 3 is 2.85 bits per heavy atom. The number of hydrogen-bond acceptors (Lipinski definition) is 1. The zero-order valence-corrected chi connectivity index (χ0v) is 7.77. The maximum atomic E-state index is 12.8. The van der Waals surface area contributed by atoms with Crippen LogP contribution in [0.1, 0.15) is 5.69 Å². The van der Waals surface area contributed by atoms with Gasteiger partial charge < -0.3 is 0 Å². The lowest BCUT2D eigenvalue weighted by molar-refractivity contribution is 0.629. The monoisotopic (exact) mass is 195 g/mol. The van der Waals surface area contributed by atoms with E-state index in [0.717, 1.165) is 11.1 Å². The zero-order chi connectivity index (χ0) is 9.42. The van der Waals surface area contributed by atoms with Crippen LogP contribution in [-0.2, 0) is 0 Å². The molecule has 0 radical (unpaired) electrons. The Bertz CT molecular complexity index is 468. The van der Waals surface area contributed by atoms with Gasteiger partial charge >= 0.3 is 0 Å². The van der Waals surface area contributed by atoms with E-state index in [1.165, 1.54) is 12.1 Å². The molecule has 0 aliphatic carbocycles. The van der Waals surface area contributed by atoms with Crippen molar-refractivity contribution in [2.75, 3.05) is 0 Å². The largest absolute Gasteiger partial charge is 0.241 e. The summed E-state index contributed by atoms with van der Waals surface area (Å²) in [6, 6.07) is 6.38. The first-order valence-electron chi connectivity index (χ1n) is 3.89. The number of benzene rings is 1. The van der Waals surface area contributed by atoms with Gasteiger partial charge in [-0.25, -0.2) is 9.37 Å². The first-order valence-corrected chi connectivity index (χ1v) is 4.27. The maximum Gasteiger partial charge on any atom is 0.137 e. The van der Waals surface area contributed by atoms with E-state index in [0.29, 0.717) is 10.5 Å². The molecular formula is C10H7ClFN. The molecule has 0 saturated carbocycles. The summed E-state index contributed by atoms with van der Waals surface area (Å²) in [6.07, 6.45) is 0. The molecule has 0 aliphatic rings. The number of rotatable bonds is 0. The van der Waals surface area contributed by atoms with E-state index in [-0.39, 0.29) is 5.82 Å². The summed E-state index contributed by atoms with van der Waals surface area (Å²) in [7, 11) is 0. The molecule has 0 N–H and O–H groups in total. The Balaban J connectivity index is 2.87. The highest BCUT2D eigenvalue weighted by molar-refractivity contribution is 6.34. The SMILES string of the molecule is Cc1cc2ccc(F)cc2c(Cl)n1. The molecule has 1 heterocycles. The van der Waals surface area contributed by atoms with E-state index in [1.807, 2.05) is 13.0 Å². The van der Waals surface area contributed by atoms with Gasteiger partial charge in [-0.05, 0) is 30.5 Å². The van der Waals surface area contributed by atoms with E-state index in [1.54, 1.807) is 6.07 Å². The minimum absolute atomic E-state index is 0.292. The van der Waals surface area contributed by atoms with Crippen molar-refractivity contribution >= 4 is 22.4 Å².